The monoisotopic (exact) mass is 360 g/mol. The van der Waals surface area contributed by atoms with Crippen molar-refractivity contribution in [2.45, 2.75) is 13.0 Å². The summed E-state index contributed by atoms with van der Waals surface area (Å²) in [5.41, 5.74) is 1.09. The molecule has 2 aromatic rings. The highest BCUT2D eigenvalue weighted by Gasteiger charge is 2.32. The topological polar surface area (TPSA) is 67.9 Å². The number of amides is 2. The molecule has 7 heteroatoms. The number of ether oxygens (including phenoxy) is 2. The third-order valence-corrected chi connectivity index (χ3v) is 4.10. The molecule has 0 spiro atoms. The molecule has 25 heavy (non-hydrogen) atoms. The van der Waals surface area contributed by atoms with Gasteiger partial charge in [-0.05, 0) is 30.3 Å². The van der Waals surface area contributed by atoms with E-state index in [1.165, 1.54) is 18.9 Å². The number of halogens is 1. The predicted octanol–water partition coefficient (Wildman–Crippen LogP) is 3.10. The van der Waals surface area contributed by atoms with E-state index < -0.39 is 6.10 Å². The van der Waals surface area contributed by atoms with Gasteiger partial charge in [-0.3, -0.25) is 9.59 Å². The number of fused-ring (bicyclic) bond motifs is 1. The molecule has 130 valence electrons. The summed E-state index contributed by atoms with van der Waals surface area (Å²) >= 11 is 5.98. The number of nitrogens with zero attached hydrogens (tertiary/aromatic N) is 1. The Morgan fingerprint density at radius 1 is 1.28 bits per heavy atom. The number of rotatable bonds is 3. The third kappa shape index (κ3) is 3.53. The molecule has 0 aromatic heterocycles. The molecule has 1 aliphatic heterocycles. The molecule has 2 amide bonds. The zero-order valence-corrected chi connectivity index (χ0v) is 14.5. The molecule has 0 aliphatic carbocycles. The number of methoxy groups -OCH3 is 1. The summed E-state index contributed by atoms with van der Waals surface area (Å²) in [6.07, 6.45) is -0.845. The van der Waals surface area contributed by atoms with Crippen molar-refractivity contribution < 1.29 is 19.1 Å². The fourth-order valence-electron chi connectivity index (χ4n) is 2.66. The van der Waals surface area contributed by atoms with E-state index in [-0.39, 0.29) is 18.4 Å². The van der Waals surface area contributed by atoms with Crippen LogP contribution in [0.25, 0.3) is 0 Å². The number of anilines is 2. The van der Waals surface area contributed by atoms with Gasteiger partial charge in [0.15, 0.2) is 6.10 Å². The van der Waals surface area contributed by atoms with Crippen molar-refractivity contribution in [3.8, 4) is 11.5 Å². The molecule has 0 saturated heterocycles. The van der Waals surface area contributed by atoms with Gasteiger partial charge in [-0.2, -0.15) is 0 Å². The molecule has 6 nitrogen and oxygen atoms in total. The fraction of sp³-hybridized carbons (Fsp3) is 0.222. The van der Waals surface area contributed by atoms with E-state index in [4.69, 9.17) is 21.1 Å². The molecule has 2 aromatic carbocycles. The summed E-state index contributed by atoms with van der Waals surface area (Å²) in [6.45, 7) is 1.58. The van der Waals surface area contributed by atoms with E-state index in [2.05, 4.69) is 5.32 Å². The van der Waals surface area contributed by atoms with Crippen LogP contribution in [0.3, 0.4) is 0 Å². The quantitative estimate of drug-likeness (QED) is 0.913. The van der Waals surface area contributed by atoms with Crippen molar-refractivity contribution >= 4 is 34.8 Å². The van der Waals surface area contributed by atoms with Crippen LogP contribution in [0.5, 0.6) is 11.5 Å². The largest absolute Gasteiger partial charge is 0.495 e. The third-order valence-electron chi connectivity index (χ3n) is 3.87. The first-order valence-corrected chi connectivity index (χ1v) is 8.05. The molecule has 1 N–H and O–H groups in total. The second-order valence-electron chi connectivity index (χ2n) is 5.54. The van der Waals surface area contributed by atoms with Crippen molar-refractivity contribution in [2.24, 2.45) is 0 Å². The minimum Gasteiger partial charge on any atom is -0.495 e. The summed E-state index contributed by atoms with van der Waals surface area (Å²) in [4.78, 5) is 26.1. The molecule has 0 saturated carbocycles. The smallest absolute Gasteiger partial charge is 0.267 e. The Morgan fingerprint density at radius 3 is 2.76 bits per heavy atom. The van der Waals surface area contributed by atoms with Crippen LogP contribution in [-0.2, 0) is 9.59 Å². The summed E-state index contributed by atoms with van der Waals surface area (Å²) in [5.74, 6) is 0.426. The van der Waals surface area contributed by atoms with E-state index in [0.717, 1.165) is 0 Å². The molecule has 1 atom stereocenters. The average molecular weight is 361 g/mol. The van der Waals surface area contributed by atoms with E-state index >= 15 is 0 Å². The Labute approximate surface area is 150 Å². The summed E-state index contributed by atoms with van der Waals surface area (Å²) in [5, 5.41) is 3.22. The minimum atomic E-state index is -0.845. The van der Waals surface area contributed by atoms with Crippen LogP contribution in [0.2, 0.25) is 5.02 Å². The van der Waals surface area contributed by atoms with Crippen LogP contribution in [0.1, 0.15) is 6.92 Å². The van der Waals surface area contributed by atoms with Gasteiger partial charge >= 0.3 is 0 Å². The SMILES string of the molecule is COc1ccc(Cl)cc1NC(=O)[C@@H]1CN(C(C)=O)c2ccccc2O1. The average Bonchev–Trinajstić information content (AvgIpc) is 2.60. The zero-order chi connectivity index (χ0) is 18.0. The second kappa shape index (κ2) is 7.03. The maximum Gasteiger partial charge on any atom is 0.267 e. The first kappa shape index (κ1) is 17.1. The highest BCUT2D eigenvalue weighted by molar-refractivity contribution is 6.31. The number of carbonyl (C=O) groups excluding carboxylic acids is 2. The Morgan fingerprint density at radius 2 is 2.04 bits per heavy atom. The zero-order valence-electron chi connectivity index (χ0n) is 13.8. The van der Waals surface area contributed by atoms with Crippen LogP contribution < -0.4 is 19.7 Å². The maximum absolute atomic E-state index is 12.7. The number of nitrogens with one attached hydrogen (secondary N) is 1. The molecular weight excluding hydrogens is 344 g/mol. The summed E-state index contributed by atoms with van der Waals surface area (Å²) in [7, 11) is 1.50. The van der Waals surface area contributed by atoms with Crippen LogP contribution in [0.4, 0.5) is 11.4 Å². The van der Waals surface area contributed by atoms with Crippen molar-refractivity contribution in [3.63, 3.8) is 0 Å². The summed E-state index contributed by atoms with van der Waals surface area (Å²) in [6, 6.07) is 12.0. The Bertz CT molecular complexity index is 824. The van der Waals surface area contributed by atoms with E-state index in [9.17, 15) is 9.59 Å². The van der Waals surface area contributed by atoms with Crippen molar-refractivity contribution in [1.82, 2.24) is 0 Å². The molecule has 0 radical (unpaired) electrons. The first-order chi connectivity index (χ1) is 12.0. The number of hydrogen-bond acceptors (Lipinski definition) is 4. The lowest BCUT2D eigenvalue weighted by Gasteiger charge is -2.33. The number of carbonyl (C=O) groups is 2. The Hall–Kier alpha value is -2.73. The molecular formula is C18H17ClN2O4. The van der Waals surface area contributed by atoms with E-state index in [0.29, 0.717) is 27.9 Å². The standard InChI is InChI=1S/C18H17ClN2O4/c1-11(22)21-10-17(25-16-6-4-3-5-14(16)21)18(23)20-13-9-12(19)7-8-15(13)24-2/h3-9,17H,10H2,1-2H3,(H,20,23)/t17-/m0/s1. The maximum atomic E-state index is 12.7. The lowest BCUT2D eigenvalue weighted by Crippen LogP contribution is -2.48. The van der Waals surface area contributed by atoms with Crippen molar-refractivity contribution in [1.29, 1.82) is 0 Å². The van der Waals surface area contributed by atoms with Gasteiger partial charge in [0.1, 0.15) is 11.5 Å². The highest BCUT2D eigenvalue weighted by Crippen LogP contribution is 2.34. The lowest BCUT2D eigenvalue weighted by molar-refractivity contribution is -0.123. The molecule has 1 aliphatic rings. The molecule has 3 rings (SSSR count). The van der Waals surface area contributed by atoms with Crippen LogP contribution in [0.15, 0.2) is 42.5 Å². The minimum absolute atomic E-state index is 0.126. The van der Waals surface area contributed by atoms with Gasteiger partial charge in [0.2, 0.25) is 5.91 Å². The van der Waals surface area contributed by atoms with Gasteiger partial charge < -0.3 is 19.7 Å². The molecule has 0 unspecified atom stereocenters. The number of hydrogen-bond donors (Lipinski definition) is 1. The van der Waals surface area contributed by atoms with Gasteiger partial charge in [0, 0.05) is 11.9 Å². The van der Waals surface area contributed by atoms with Gasteiger partial charge in [-0.1, -0.05) is 23.7 Å². The van der Waals surface area contributed by atoms with Crippen LogP contribution in [0, 0.1) is 0 Å². The molecule has 1 heterocycles. The van der Waals surface area contributed by atoms with Gasteiger partial charge in [0.05, 0.1) is 25.0 Å². The first-order valence-electron chi connectivity index (χ1n) is 7.68. The van der Waals surface area contributed by atoms with Crippen molar-refractivity contribution in [2.75, 3.05) is 23.9 Å². The Balaban J connectivity index is 1.84. The van der Waals surface area contributed by atoms with E-state index in [1.54, 1.807) is 36.4 Å². The normalized spacial score (nSPS) is 15.8. The fourth-order valence-corrected chi connectivity index (χ4v) is 2.83. The van der Waals surface area contributed by atoms with Gasteiger partial charge in [0.25, 0.3) is 5.91 Å². The van der Waals surface area contributed by atoms with E-state index in [1.807, 2.05) is 6.07 Å². The number of para-hydroxylation sites is 2. The van der Waals surface area contributed by atoms with Gasteiger partial charge in [-0.25, -0.2) is 0 Å². The van der Waals surface area contributed by atoms with Crippen molar-refractivity contribution in [3.05, 3.63) is 47.5 Å². The van der Waals surface area contributed by atoms with Crippen LogP contribution >= 0.6 is 11.6 Å². The Kier molecular flexibility index (Phi) is 4.81. The highest BCUT2D eigenvalue weighted by atomic mass is 35.5. The van der Waals surface area contributed by atoms with Gasteiger partial charge in [-0.15, -0.1) is 0 Å². The number of benzene rings is 2. The lowest BCUT2D eigenvalue weighted by atomic mass is 10.1. The molecule has 0 fully saturated rings. The van der Waals surface area contributed by atoms with Crippen LogP contribution in [-0.4, -0.2) is 31.6 Å². The summed E-state index contributed by atoms with van der Waals surface area (Å²) < 4.78 is 11.0. The second-order valence-corrected chi connectivity index (χ2v) is 5.97. The predicted molar refractivity (Wildman–Crippen MR) is 95.5 cm³/mol. The molecule has 0 bridgehead atoms.